The van der Waals surface area contributed by atoms with E-state index >= 15 is 0 Å². The highest BCUT2D eigenvalue weighted by Crippen LogP contribution is 2.36. The minimum atomic E-state index is -0.400. The third kappa shape index (κ3) is 5.85. The molecule has 0 unspecified atom stereocenters. The summed E-state index contributed by atoms with van der Waals surface area (Å²) in [5.41, 5.74) is 3.39. The standard InChI is InChI=1S/C30H34N4O3S/c1-19(2)24-14-9-20(3)17-26(24)37-16-15-36-23-12-10-21(11-13-23)18-25-27(31)34-30(32-28(25)35)38-29(33-34)22-7-5-4-6-8-22/h9-14,17-19,22,31H,4-8,15-16H2,1-3H3/b25-18-,31-27?. The molecule has 0 saturated heterocycles. The molecule has 2 heterocycles. The average Bonchev–Trinajstić information content (AvgIpc) is 3.34. The second kappa shape index (κ2) is 11.6. The van der Waals surface area contributed by atoms with Crippen molar-refractivity contribution in [2.24, 2.45) is 16.0 Å². The van der Waals surface area contributed by atoms with Crippen molar-refractivity contribution in [1.29, 1.82) is 5.41 Å². The predicted octanol–water partition coefficient (Wildman–Crippen LogP) is 6.78. The number of ether oxygens (including phenoxy) is 2. The van der Waals surface area contributed by atoms with Crippen molar-refractivity contribution in [3.63, 3.8) is 0 Å². The van der Waals surface area contributed by atoms with Crippen molar-refractivity contribution < 1.29 is 14.3 Å². The number of aliphatic imine (C=N–C) groups is 1. The Balaban J connectivity index is 1.19. The molecule has 0 bridgehead atoms. The molecule has 2 aromatic rings. The van der Waals surface area contributed by atoms with Crippen LogP contribution in [0.25, 0.3) is 6.08 Å². The molecule has 1 N–H and O–H groups in total. The summed E-state index contributed by atoms with van der Waals surface area (Å²) in [7, 11) is 0. The summed E-state index contributed by atoms with van der Waals surface area (Å²) in [5, 5.41) is 16.3. The fourth-order valence-electron chi connectivity index (χ4n) is 4.90. The second-order valence-corrected chi connectivity index (χ2v) is 11.2. The summed E-state index contributed by atoms with van der Waals surface area (Å²) < 4.78 is 11.9. The molecule has 2 aromatic carbocycles. The Bertz CT molecular complexity index is 1310. The van der Waals surface area contributed by atoms with Crippen LogP contribution in [0.1, 0.15) is 68.6 Å². The third-order valence-corrected chi connectivity index (χ3v) is 8.09. The van der Waals surface area contributed by atoms with Crippen LogP contribution in [0.4, 0.5) is 0 Å². The zero-order valence-corrected chi connectivity index (χ0v) is 23.0. The lowest BCUT2D eigenvalue weighted by Gasteiger charge is -2.20. The molecule has 5 rings (SSSR count). The number of benzene rings is 2. The molecule has 1 amide bonds. The molecular weight excluding hydrogens is 496 g/mol. The Hall–Kier alpha value is -3.39. The Labute approximate surface area is 228 Å². The van der Waals surface area contributed by atoms with Gasteiger partial charge in [-0.05, 0) is 78.4 Å². The molecule has 0 atom stereocenters. The van der Waals surface area contributed by atoms with E-state index in [2.05, 4.69) is 49.1 Å². The molecule has 2 aliphatic heterocycles. The first kappa shape index (κ1) is 26.2. The molecular formula is C30H34N4O3S. The second-order valence-electron chi connectivity index (χ2n) is 10.3. The lowest BCUT2D eigenvalue weighted by molar-refractivity contribution is -0.114. The summed E-state index contributed by atoms with van der Waals surface area (Å²) in [6.07, 6.45) is 7.60. The van der Waals surface area contributed by atoms with E-state index in [4.69, 9.17) is 14.9 Å². The number of hydrogen-bond acceptors (Lipinski definition) is 6. The number of hydrogen-bond donors (Lipinski definition) is 1. The lowest BCUT2D eigenvalue weighted by atomic mass is 9.90. The van der Waals surface area contributed by atoms with Crippen LogP contribution in [0, 0.1) is 18.3 Å². The highest BCUT2D eigenvalue weighted by molar-refractivity contribution is 8.27. The SMILES string of the molecule is Cc1ccc(C(C)C)c(OCCOc2ccc(/C=C3/C(=N)N4N=C(C5CCCCC5)SC4=NC3=O)cc2)c1. The number of nitrogens with one attached hydrogen (secondary N) is 1. The maximum Gasteiger partial charge on any atom is 0.283 e. The Kier molecular flexibility index (Phi) is 7.98. The number of hydrazone groups is 1. The van der Waals surface area contributed by atoms with Gasteiger partial charge in [0.25, 0.3) is 5.91 Å². The van der Waals surface area contributed by atoms with Crippen molar-refractivity contribution in [3.8, 4) is 11.5 Å². The van der Waals surface area contributed by atoms with Crippen LogP contribution >= 0.6 is 11.8 Å². The largest absolute Gasteiger partial charge is 0.490 e. The first-order valence-electron chi connectivity index (χ1n) is 13.4. The van der Waals surface area contributed by atoms with Crippen LogP contribution in [-0.2, 0) is 4.79 Å². The Morgan fingerprint density at radius 1 is 1.08 bits per heavy atom. The van der Waals surface area contributed by atoms with Gasteiger partial charge in [0, 0.05) is 5.92 Å². The van der Waals surface area contributed by atoms with Gasteiger partial charge in [-0.25, -0.2) is 0 Å². The molecule has 1 aliphatic carbocycles. The number of amidine groups is 2. The average molecular weight is 531 g/mol. The van der Waals surface area contributed by atoms with Crippen LogP contribution in [0.15, 0.2) is 58.1 Å². The maximum atomic E-state index is 12.8. The van der Waals surface area contributed by atoms with E-state index in [-0.39, 0.29) is 11.4 Å². The van der Waals surface area contributed by atoms with Crippen molar-refractivity contribution in [1.82, 2.24) is 5.01 Å². The zero-order valence-electron chi connectivity index (χ0n) is 22.2. The van der Waals surface area contributed by atoms with E-state index in [1.165, 1.54) is 47.2 Å². The number of amides is 1. The first-order chi connectivity index (χ1) is 18.4. The molecule has 7 nitrogen and oxygen atoms in total. The summed E-state index contributed by atoms with van der Waals surface area (Å²) in [6, 6.07) is 13.8. The number of fused-ring (bicyclic) bond motifs is 1. The number of carbonyl (C=O) groups is 1. The number of thioether (sulfide) groups is 1. The van der Waals surface area contributed by atoms with E-state index in [1.54, 1.807) is 6.08 Å². The van der Waals surface area contributed by atoms with E-state index in [9.17, 15) is 4.79 Å². The van der Waals surface area contributed by atoms with Crippen molar-refractivity contribution in [2.45, 2.75) is 58.8 Å². The smallest absolute Gasteiger partial charge is 0.283 e. The van der Waals surface area contributed by atoms with Gasteiger partial charge in [-0.15, -0.1) is 0 Å². The fourth-order valence-corrected chi connectivity index (χ4v) is 5.96. The molecule has 8 heteroatoms. The van der Waals surface area contributed by atoms with Gasteiger partial charge >= 0.3 is 0 Å². The molecule has 1 saturated carbocycles. The van der Waals surface area contributed by atoms with Gasteiger partial charge < -0.3 is 9.47 Å². The number of nitrogens with zero attached hydrogens (tertiary/aromatic N) is 3. The molecule has 0 spiro atoms. The van der Waals surface area contributed by atoms with Crippen LogP contribution in [0.5, 0.6) is 11.5 Å². The quantitative estimate of drug-likeness (QED) is 0.300. The van der Waals surface area contributed by atoms with Gasteiger partial charge in [-0.2, -0.15) is 15.1 Å². The topological polar surface area (TPSA) is 87.3 Å². The van der Waals surface area contributed by atoms with Crippen LogP contribution in [-0.4, -0.2) is 40.2 Å². The molecule has 0 radical (unpaired) electrons. The molecule has 1 fully saturated rings. The van der Waals surface area contributed by atoms with Gasteiger partial charge in [-0.3, -0.25) is 10.2 Å². The maximum absolute atomic E-state index is 12.8. The van der Waals surface area contributed by atoms with Crippen LogP contribution in [0.2, 0.25) is 0 Å². The fraction of sp³-hybridized carbons (Fsp3) is 0.400. The highest BCUT2D eigenvalue weighted by atomic mass is 32.2. The van der Waals surface area contributed by atoms with Crippen molar-refractivity contribution >= 4 is 39.8 Å². The predicted molar refractivity (Wildman–Crippen MR) is 154 cm³/mol. The first-order valence-corrected chi connectivity index (χ1v) is 14.2. The van der Waals surface area contributed by atoms with E-state index in [0.717, 1.165) is 29.2 Å². The summed E-state index contributed by atoms with van der Waals surface area (Å²) in [6.45, 7) is 7.23. The van der Waals surface area contributed by atoms with Crippen molar-refractivity contribution in [2.75, 3.05) is 13.2 Å². The van der Waals surface area contributed by atoms with E-state index in [1.807, 2.05) is 24.3 Å². The van der Waals surface area contributed by atoms with Gasteiger partial charge in [0.05, 0.1) is 5.57 Å². The normalized spacial score (nSPS) is 19.1. The number of aryl methyl sites for hydroxylation is 1. The van der Waals surface area contributed by atoms with Gasteiger partial charge in [0.2, 0.25) is 5.17 Å². The molecule has 3 aliphatic rings. The number of carbonyl (C=O) groups excluding carboxylic acids is 1. The van der Waals surface area contributed by atoms with Gasteiger partial charge in [-0.1, -0.05) is 57.4 Å². The summed E-state index contributed by atoms with van der Waals surface area (Å²) in [5.74, 6) is 2.09. The minimum absolute atomic E-state index is 0.0766. The minimum Gasteiger partial charge on any atom is -0.490 e. The molecule has 38 heavy (non-hydrogen) atoms. The highest BCUT2D eigenvalue weighted by Gasteiger charge is 2.37. The lowest BCUT2D eigenvalue weighted by Crippen LogP contribution is -2.35. The molecule has 198 valence electrons. The number of rotatable bonds is 8. The summed E-state index contributed by atoms with van der Waals surface area (Å²) in [4.78, 5) is 17.0. The molecule has 0 aromatic heterocycles. The van der Waals surface area contributed by atoms with Gasteiger partial charge in [0.1, 0.15) is 29.8 Å². The zero-order chi connectivity index (χ0) is 26.6. The third-order valence-electron chi connectivity index (χ3n) is 7.02. The van der Waals surface area contributed by atoms with Crippen LogP contribution < -0.4 is 9.47 Å². The Morgan fingerprint density at radius 2 is 1.82 bits per heavy atom. The van der Waals surface area contributed by atoms with Crippen molar-refractivity contribution in [3.05, 3.63) is 64.7 Å². The van der Waals surface area contributed by atoms with E-state index < -0.39 is 5.91 Å². The Morgan fingerprint density at radius 3 is 2.55 bits per heavy atom. The van der Waals surface area contributed by atoms with Crippen LogP contribution in [0.3, 0.4) is 0 Å². The summed E-state index contributed by atoms with van der Waals surface area (Å²) >= 11 is 1.44. The van der Waals surface area contributed by atoms with Gasteiger partial charge in [0.15, 0.2) is 5.84 Å². The van der Waals surface area contributed by atoms with E-state index in [0.29, 0.717) is 36.0 Å². The monoisotopic (exact) mass is 530 g/mol.